The van der Waals surface area contributed by atoms with Gasteiger partial charge in [0.25, 0.3) is 0 Å². The van der Waals surface area contributed by atoms with Crippen molar-refractivity contribution in [3.05, 3.63) is 66.9 Å². The molecule has 5 heteroatoms. The predicted molar refractivity (Wildman–Crippen MR) is 146 cm³/mol. The van der Waals surface area contributed by atoms with E-state index >= 15 is 0 Å². The molecule has 2 saturated carbocycles. The Morgan fingerprint density at radius 3 is 2.08 bits per heavy atom. The first-order chi connectivity index (χ1) is 16.9. The van der Waals surface area contributed by atoms with E-state index < -0.39 is 0 Å². The number of hydrogen-bond acceptors (Lipinski definition) is 4. The molecule has 2 N–H and O–H groups in total. The van der Waals surface area contributed by atoms with Gasteiger partial charge in [0.15, 0.2) is 0 Å². The van der Waals surface area contributed by atoms with E-state index in [1.807, 2.05) is 41.8 Å². The van der Waals surface area contributed by atoms with Gasteiger partial charge < -0.3 is 15.2 Å². The summed E-state index contributed by atoms with van der Waals surface area (Å²) in [5.74, 6) is 2.58. The monoisotopic (exact) mass is 679 g/mol. The van der Waals surface area contributed by atoms with Gasteiger partial charge in [0.2, 0.25) is 0 Å². The number of aliphatic hydroxyl groups is 2. The maximum atomic E-state index is 10.3. The summed E-state index contributed by atoms with van der Waals surface area (Å²) >= 11 is 1.81. The number of hydrogen-bond donors (Lipinski definition) is 2. The minimum absolute atomic E-state index is 0. The first-order valence-corrected chi connectivity index (χ1v) is 13.8. The van der Waals surface area contributed by atoms with Crippen molar-refractivity contribution >= 4 is 31.5 Å². The zero-order valence-corrected chi connectivity index (χ0v) is 24.6. The summed E-state index contributed by atoms with van der Waals surface area (Å²) in [6.07, 6.45) is 3.51. The van der Waals surface area contributed by atoms with E-state index in [1.165, 1.54) is 20.2 Å². The van der Waals surface area contributed by atoms with Gasteiger partial charge in [-0.25, -0.2) is 0 Å². The summed E-state index contributed by atoms with van der Waals surface area (Å²) in [6.45, 7) is 8.73. The Morgan fingerprint density at radius 2 is 1.50 bits per heavy atom. The SMILES string of the molecule is CC(C)[C@H]1CC2C[C@H](C(C)C)C(O)C2C1O.[Ir].[c-]1ccc2c(sc3ccccc32)c1-c1ccccn1. The molecule has 2 unspecified atom stereocenters. The Balaban J connectivity index is 0.000000167. The molecular formula is C31H36IrNO2S-. The van der Waals surface area contributed by atoms with Crippen molar-refractivity contribution in [2.75, 3.05) is 0 Å². The van der Waals surface area contributed by atoms with Crippen LogP contribution >= 0.6 is 11.3 Å². The maximum absolute atomic E-state index is 10.3. The third kappa shape index (κ3) is 5.06. The van der Waals surface area contributed by atoms with Crippen LogP contribution in [0.25, 0.3) is 31.4 Å². The van der Waals surface area contributed by atoms with E-state index in [2.05, 4.69) is 69.1 Å². The second kappa shape index (κ2) is 11.4. The zero-order valence-electron chi connectivity index (χ0n) is 21.4. The molecule has 2 fully saturated rings. The second-order valence-corrected chi connectivity index (χ2v) is 12.1. The smallest absolute Gasteiger partial charge is 0.0626 e. The van der Waals surface area contributed by atoms with Crippen molar-refractivity contribution in [3.8, 4) is 11.3 Å². The van der Waals surface area contributed by atoms with Gasteiger partial charge in [-0.3, -0.25) is 0 Å². The first-order valence-electron chi connectivity index (χ1n) is 13.0. The van der Waals surface area contributed by atoms with Gasteiger partial charge in [0, 0.05) is 36.9 Å². The first kappa shape index (κ1) is 27.4. The summed E-state index contributed by atoms with van der Waals surface area (Å²) in [5, 5.41) is 23.3. The molecule has 2 aromatic carbocycles. The number of nitrogens with zero attached hydrogens (tertiary/aromatic N) is 1. The average molecular weight is 679 g/mol. The third-order valence-corrected chi connectivity index (χ3v) is 9.54. The second-order valence-electron chi connectivity index (χ2n) is 11.0. The number of pyridine rings is 1. The molecule has 3 nitrogen and oxygen atoms in total. The van der Waals surface area contributed by atoms with Gasteiger partial charge in [-0.15, -0.1) is 23.8 Å². The summed E-state index contributed by atoms with van der Waals surface area (Å²) in [5.41, 5.74) is 2.08. The van der Waals surface area contributed by atoms with Crippen molar-refractivity contribution in [3.63, 3.8) is 0 Å². The predicted octanol–water partition coefficient (Wildman–Crippen LogP) is 7.21. The third-order valence-electron chi connectivity index (χ3n) is 8.33. The van der Waals surface area contributed by atoms with Gasteiger partial charge >= 0.3 is 0 Å². The van der Waals surface area contributed by atoms with Crippen LogP contribution in [0.4, 0.5) is 0 Å². The van der Waals surface area contributed by atoms with Crippen LogP contribution < -0.4 is 0 Å². The topological polar surface area (TPSA) is 53.4 Å². The molecule has 0 saturated heterocycles. The molecule has 6 rings (SSSR count). The number of benzene rings is 2. The molecule has 193 valence electrons. The maximum Gasteiger partial charge on any atom is 0.0626 e. The number of aromatic nitrogens is 1. The fourth-order valence-electron chi connectivity index (χ4n) is 6.44. The minimum atomic E-state index is -0.274. The Hall–Kier alpha value is -1.62. The molecule has 2 aliphatic rings. The zero-order chi connectivity index (χ0) is 24.7. The Labute approximate surface area is 232 Å². The normalized spacial score (nSPS) is 27.2. The molecule has 0 aliphatic heterocycles. The molecule has 4 atom stereocenters. The van der Waals surface area contributed by atoms with E-state index in [0.717, 1.165) is 24.1 Å². The molecule has 0 bridgehead atoms. The van der Waals surface area contributed by atoms with Gasteiger partial charge in [0.1, 0.15) is 0 Å². The van der Waals surface area contributed by atoms with Crippen molar-refractivity contribution in [1.82, 2.24) is 4.98 Å². The minimum Gasteiger partial charge on any atom is -0.392 e. The quantitative estimate of drug-likeness (QED) is 0.226. The Bertz CT molecular complexity index is 1260. The van der Waals surface area contributed by atoms with Crippen molar-refractivity contribution in [2.24, 2.45) is 35.5 Å². The van der Waals surface area contributed by atoms with Crippen LogP contribution in [0, 0.1) is 41.6 Å². The molecule has 2 heterocycles. The largest absolute Gasteiger partial charge is 0.392 e. The van der Waals surface area contributed by atoms with Crippen LogP contribution in [0.5, 0.6) is 0 Å². The fourth-order valence-corrected chi connectivity index (χ4v) is 7.65. The van der Waals surface area contributed by atoms with Crippen LogP contribution in [0.15, 0.2) is 60.8 Å². The van der Waals surface area contributed by atoms with Crippen LogP contribution in [0.1, 0.15) is 40.5 Å². The molecule has 1 radical (unpaired) electrons. The summed E-state index contributed by atoms with van der Waals surface area (Å²) in [4.78, 5) is 4.44. The summed E-state index contributed by atoms with van der Waals surface area (Å²) in [7, 11) is 0. The van der Waals surface area contributed by atoms with E-state index in [1.54, 1.807) is 0 Å². The fraction of sp³-hybridized carbons (Fsp3) is 0.452. The molecule has 36 heavy (non-hydrogen) atoms. The molecule has 0 amide bonds. The van der Waals surface area contributed by atoms with Gasteiger partial charge in [-0.1, -0.05) is 63.4 Å². The van der Waals surface area contributed by atoms with Crippen LogP contribution in [0.2, 0.25) is 0 Å². The van der Waals surface area contributed by atoms with Gasteiger partial charge in [0.05, 0.1) is 12.2 Å². The van der Waals surface area contributed by atoms with Gasteiger partial charge in [-0.05, 0) is 70.3 Å². The summed E-state index contributed by atoms with van der Waals surface area (Å²) < 4.78 is 2.58. The number of fused-ring (bicyclic) bond motifs is 4. The molecule has 0 spiro atoms. The van der Waals surface area contributed by atoms with E-state index in [0.29, 0.717) is 29.6 Å². The standard InChI is InChI=1S/C17H10NS.C14H26O2.Ir/c1-2-10-16-12(6-1)13-7-5-8-14(17(13)19-16)15-9-3-4-11-18-15;1-7(2)10-5-9-6-11(8(3)4)14(16)12(9)13(10)15;/h1-7,9-11H;7-16H,5-6H2,1-4H3;/q-1;;/t;9?,10-,11-,12?,13?,14?;/m.1./s1. The number of aliphatic hydroxyl groups excluding tert-OH is 2. The molecule has 2 aliphatic carbocycles. The van der Waals surface area contributed by atoms with E-state index in [9.17, 15) is 10.2 Å². The summed E-state index contributed by atoms with van der Waals surface area (Å²) in [6, 6.07) is 22.0. The Morgan fingerprint density at radius 1 is 0.861 bits per heavy atom. The molecule has 2 aromatic heterocycles. The van der Waals surface area contributed by atoms with Crippen molar-refractivity contribution < 1.29 is 30.3 Å². The van der Waals surface area contributed by atoms with Gasteiger partial charge in [-0.2, -0.15) is 11.3 Å². The van der Waals surface area contributed by atoms with E-state index in [4.69, 9.17) is 0 Å². The van der Waals surface area contributed by atoms with Crippen molar-refractivity contribution in [2.45, 2.75) is 52.7 Å². The average Bonchev–Trinajstić information content (AvgIpc) is 3.51. The van der Waals surface area contributed by atoms with E-state index in [-0.39, 0.29) is 38.2 Å². The van der Waals surface area contributed by atoms with Crippen LogP contribution in [-0.4, -0.2) is 27.4 Å². The number of thiophene rings is 1. The van der Waals surface area contributed by atoms with Crippen LogP contribution in [-0.2, 0) is 20.1 Å². The molecular weight excluding hydrogens is 643 g/mol. The Kier molecular flexibility index (Phi) is 8.69. The number of rotatable bonds is 3. The van der Waals surface area contributed by atoms with Crippen LogP contribution in [0.3, 0.4) is 0 Å². The molecule has 4 aromatic rings. The van der Waals surface area contributed by atoms with Crippen molar-refractivity contribution in [1.29, 1.82) is 0 Å².